The predicted molar refractivity (Wildman–Crippen MR) is 145 cm³/mol. The third-order valence-electron chi connectivity index (χ3n) is 6.91. The van der Waals surface area contributed by atoms with Gasteiger partial charge in [0.1, 0.15) is 10.6 Å². The minimum Gasteiger partial charge on any atom is -0.497 e. The topological polar surface area (TPSA) is 129 Å². The fraction of sp³-hybridized carbons (Fsp3) is 0.444. The molecule has 40 heavy (non-hydrogen) atoms. The number of nitrogens with zero attached hydrogens (tertiary/aromatic N) is 4. The molecule has 0 aliphatic carbocycles. The van der Waals surface area contributed by atoms with Crippen LogP contribution < -0.4 is 19.8 Å². The number of ether oxygens (including phenoxy) is 4. The minimum atomic E-state index is -4.21. The smallest absolute Gasteiger partial charge is 0.272 e. The number of pyridine rings is 1. The molecule has 4 heterocycles. The molecule has 1 saturated heterocycles. The van der Waals surface area contributed by atoms with E-state index in [1.54, 1.807) is 24.4 Å². The zero-order chi connectivity index (χ0) is 28.4. The second-order valence-electron chi connectivity index (χ2n) is 9.83. The number of methoxy groups -OCH3 is 1. The fourth-order valence-electron chi connectivity index (χ4n) is 4.78. The molecule has 3 aromatic rings. The lowest BCUT2D eigenvalue weighted by molar-refractivity contribution is 0.0358. The van der Waals surface area contributed by atoms with Crippen LogP contribution in [-0.2, 0) is 14.8 Å². The molecule has 0 atom stereocenters. The Balaban J connectivity index is 1.34. The summed E-state index contributed by atoms with van der Waals surface area (Å²) in [5.41, 5.74) is 0.438. The van der Waals surface area contributed by atoms with Crippen LogP contribution in [0.25, 0.3) is 5.65 Å². The van der Waals surface area contributed by atoms with Gasteiger partial charge in [-0.05, 0) is 36.1 Å². The summed E-state index contributed by atoms with van der Waals surface area (Å²) in [6.07, 6.45) is 2.33. The van der Waals surface area contributed by atoms with Crippen molar-refractivity contribution in [3.8, 4) is 17.4 Å². The second-order valence-corrected chi connectivity index (χ2v) is 11.7. The van der Waals surface area contributed by atoms with E-state index in [9.17, 15) is 18.0 Å². The summed E-state index contributed by atoms with van der Waals surface area (Å²) in [5, 5.41) is 0. The molecule has 214 valence electrons. The maximum Gasteiger partial charge on any atom is 0.272 e. The number of hydrogen-bond acceptors (Lipinski definition) is 10. The Labute approximate surface area is 232 Å². The highest BCUT2D eigenvalue weighted by Crippen LogP contribution is 2.38. The van der Waals surface area contributed by atoms with Crippen LogP contribution in [0.1, 0.15) is 42.1 Å². The number of carbonyl (C=O) groups is 1. The van der Waals surface area contributed by atoms with Crippen molar-refractivity contribution in [2.75, 3.05) is 53.3 Å². The number of carbonyl (C=O) groups excluding carboxylic acids is 1. The van der Waals surface area contributed by atoms with Gasteiger partial charge in [0, 0.05) is 31.9 Å². The Morgan fingerprint density at radius 2 is 1.88 bits per heavy atom. The molecule has 0 bridgehead atoms. The van der Waals surface area contributed by atoms with Crippen LogP contribution in [-0.4, -0.2) is 86.2 Å². The lowest BCUT2D eigenvalue weighted by Gasteiger charge is -2.26. The van der Waals surface area contributed by atoms with Crippen LogP contribution in [0.3, 0.4) is 0 Å². The molecule has 1 fully saturated rings. The van der Waals surface area contributed by atoms with E-state index in [4.69, 9.17) is 18.9 Å². The van der Waals surface area contributed by atoms with Crippen LogP contribution in [0.2, 0.25) is 0 Å². The summed E-state index contributed by atoms with van der Waals surface area (Å²) in [4.78, 5) is 32.6. The molecule has 0 saturated carbocycles. The summed E-state index contributed by atoms with van der Waals surface area (Å²) < 4.78 is 50.8. The Hall–Kier alpha value is -3.68. The molecular weight excluding hydrogens is 540 g/mol. The Kier molecular flexibility index (Phi) is 7.97. The van der Waals surface area contributed by atoms with Crippen LogP contribution in [0.5, 0.6) is 17.4 Å². The lowest BCUT2D eigenvalue weighted by atomic mass is 9.96. The van der Waals surface area contributed by atoms with Crippen molar-refractivity contribution in [2.24, 2.45) is 0 Å². The van der Waals surface area contributed by atoms with Gasteiger partial charge >= 0.3 is 0 Å². The molecule has 13 heteroatoms. The van der Waals surface area contributed by atoms with Gasteiger partial charge in [0.15, 0.2) is 18.1 Å². The number of aromatic nitrogens is 2. The number of benzene rings is 1. The zero-order valence-electron chi connectivity index (χ0n) is 22.7. The first-order chi connectivity index (χ1) is 19.2. The fourth-order valence-corrected chi connectivity index (χ4v) is 6.25. The first kappa shape index (κ1) is 27.9. The van der Waals surface area contributed by atoms with Gasteiger partial charge in [-0.2, -0.15) is 9.29 Å². The van der Waals surface area contributed by atoms with Crippen molar-refractivity contribution in [2.45, 2.75) is 31.1 Å². The van der Waals surface area contributed by atoms with E-state index in [2.05, 4.69) is 9.88 Å². The van der Waals surface area contributed by atoms with Crippen molar-refractivity contribution < 1.29 is 32.2 Å². The molecule has 12 nitrogen and oxygen atoms in total. The van der Waals surface area contributed by atoms with Crippen LogP contribution in [0.15, 0.2) is 46.2 Å². The highest BCUT2D eigenvalue weighted by atomic mass is 32.2. The van der Waals surface area contributed by atoms with Gasteiger partial charge in [-0.1, -0.05) is 13.8 Å². The Bertz CT molecular complexity index is 1580. The second kappa shape index (κ2) is 11.4. The number of sulfonamides is 1. The van der Waals surface area contributed by atoms with Gasteiger partial charge in [-0.25, -0.2) is 8.42 Å². The maximum absolute atomic E-state index is 13.3. The molecule has 0 N–H and O–H groups in total. The summed E-state index contributed by atoms with van der Waals surface area (Å²) in [6.45, 7) is 7.58. The predicted octanol–water partition coefficient (Wildman–Crippen LogP) is 2.11. The Morgan fingerprint density at radius 1 is 1.10 bits per heavy atom. The summed E-state index contributed by atoms with van der Waals surface area (Å²) in [6, 6.07) is 7.51. The number of fused-ring (bicyclic) bond motifs is 2. The zero-order valence-corrected chi connectivity index (χ0v) is 23.5. The van der Waals surface area contributed by atoms with Crippen molar-refractivity contribution in [3.05, 3.63) is 58.0 Å². The summed E-state index contributed by atoms with van der Waals surface area (Å²) in [7, 11) is -2.78. The van der Waals surface area contributed by atoms with E-state index < -0.39 is 28.2 Å². The van der Waals surface area contributed by atoms with Gasteiger partial charge < -0.3 is 18.9 Å². The SMILES string of the molecule is COc1cc(C(C)C)c2c(c1)S(=O)(=O)N(COc1cc(=O)n3cccc(OCCCN4CCOCC4)c3n1)C2=O. The molecule has 5 rings (SSSR count). The summed E-state index contributed by atoms with van der Waals surface area (Å²) >= 11 is 0. The van der Waals surface area contributed by atoms with E-state index in [-0.39, 0.29) is 27.9 Å². The molecule has 0 spiro atoms. The molecule has 0 radical (unpaired) electrons. The number of morpholine rings is 1. The van der Waals surface area contributed by atoms with Gasteiger partial charge in [-0.3, -0.25) is 18.9 Å². The van der Waals surface area contributed by atoms with Crippen LogP contribution >= 0.6 is 0 Å². The highest BCUT2D eigenvalue weighted by molar-refractivity contribution is 7.90. The first-order valence-corrected chi connectivity index (χ1v) is 14.5. The van der Waals surface area contributed by atoms with Crippen LogP contribution in [0.4, 0.5) is 0 Å². The number of amides is 1. The van der Waals surface area contributed by atoms with Crippen molar-refractivity contribution in [1.82, 2.24) is 18.6 Å². The van der Waals surface area contributed by atoms with Crippen molar-refractivity contribution in [1.29, 1.82) is 0 Å². The van der Waals surface area contributed by atoms with E-state index in [0.29, 0.717) is 28.0 Å². The maximum atomic E-state index is 13.3. The molecule has 1 amide bonds. The Morgan fingerprint density at radius 3 is 2.60 bits per heavy atom. The van der Waals surface area contributed by atoms with E-state index in [1.807, 2.05) is 13.8 Å². The average molecular weight is 573 g/mol. The average Bonchev–Trinajstić information content (AvgIpc) is 3.14. The largest absolute Gasteiger partial charge is 0.497 e. The first-order valence-electron chi connectivity index (χ1n) is 13.1. The van der Waals surface area contributed by atoms with Crippen molar-refractivity contribution in [3.63, 3.8) is 0 Å². The van der Waals surface area contributed by atoms with Crippen LogP contribution in [0, 0.1) is 0 Å². The lowest BCUT2D eigenvalue weighted by Crippen LogP contribution is -2.37. The normalized spacial score (nSPS) is 16.9. The monoisotopic (exact) mass is 572 g/mol. The molecule has 2 aliphatic rings. The molecule has 2 aliphatic heterocycles. The van der Waals surface area contributed by atoms with E-state index >= 15 is 0 Å². The molecule has 1 aromatic carbocycles. The van der Waals surface area contributed by atoms with E-state index in [0.717, 1.165) is 45.3 Å². The van der Waals surface area contributed by atoms with Gasteiger partial charge in [0.05, 0.1) is 38.6 Å². The molecule has 0 unspecified atom stereocenters. The van der Waals surface area contributed by atoms with Gasteiger partial charge in [-0.15, -0.1) is 0 Å². The van der Waals surface area contributed by atoms with Gasteiger partial charge in [0.2, 0.25) is 5.88 Å². The third-order valence-corrected chi connectivity index (χ3v) is 8.64. The number of hydrogen-bond donors (Lipinski definition) is 0. The quantitative estimate of drug-likeness (QED) is 0.333. The minimum absolute atomic E-state index is 0.0960. The molecule has 2 aromatic heterocycles. The summed E-state index contributed by atoms with van der Waals surface area (Å²) in [5.74, 6) is -0.238. The highest BCUT2D eigenvalue weighted by Gasteiger charge is 2.44. The van der Waals surface area contributed by atoms with Gasteiger partial charge in [0.25, 0.3) is 21.5 Å². The molecular formula is C27H32N4O8S. The standard InChI is InChI=1S/C27H32N4O8S/c1-18(2)20-14-19(36-3)15-22-25(20)27(33)31(40(22,34)35)17-39-23-16-24(32)30-8-4-6-21(26(30)28-23)38-11-5-7-29-9-12-37-13-10-29/h4,6,8,14-16,18H,5,7,9-13,17H2,1-3H3. The van der Waals surface area contributed by atoms with Crippen molar-refractivity contribution >= 4 is 21.6 Å². The third kappa shape index (κ3) is 5.36. The van der Waals surface area contributed by atoms with E-state index in [1.165, 1.54) is 17.6 Å². The number of rotatable bonds is 10.